The van der Waals surface area contributed by atoms with Crippen LogP contribution in [0.25, 0.3) is 6.08 Å². The van der Waals surface area contributed by atoms with Gasteiger partial charge in [-0.05, 0) is 31.2 Å². The minimum absolute atomic E-state index is 0.0319. The molecule has 0 fully saturated rings. The van der Waals surface area contributed by atoms with Gasteiger partial charge in [0.25, 0.3) is 0 Å². The van der Waals surface area contributed by atoms with Gasteiger partial charge in [-0.3, -0.25) is 4.79 Å². The highest BCUT2D eigenvalue weighted by atomic mass is 79.9. The number of carbonyl (C=O) groups is 2. The summed E-state index contributed by atoms with van der Waals surface area (Å²) in [6.45, 7) is 1.88. The number of hydrogen-bond acceptors (Lipinski definition) is 4. The van der Waals surface area contributed by atoms with Crippen molar-refractivity contribution < 1.29 is 14.7 Å². The molecule has 21 heavy (non-hydrogen) atoms. The van der Waals surface area contributed by atoms with Crippen LogP contribution in [0.15, 0.2) is 34.1 Å². The first kappa shape index (κ1) is 15.4. The van der Waals surface area contributed by atoms with Gasteiger partial charge in [0, 0.05) is 15.9 Å². The predicted octanol–water partition coefficient (Wildman–Crippen LogP) is 3.56. The molecule has 7 heteroatoms. The highest BCUT2D eigenvalue weighted by Crippen LogP contribution is 2.21. The van der Waals surface area contributed by atoms with Gasteiger partial charge >= 0.3 is 5.97 Å². The Bertz CT molecular complexity index is 725. The Balaban J connectivity index is 2.14. The fourth-order valence-electron chi connectivity index (χ4n) is 1.60. The SMILES string of the molecule is Cc1nc(/C=C/C(=O)Nc2cc(Br)ccc2C(=O)O)cs1. The van der Waals surface area contributed by atoms with E-state index in [1.54, 1.807) is 18.2 Å². The number of aryl methyl sites for hydroxylation is 1. The van der Waals surface area contributed by atoms with Crippen molar-refractivity contribution in [3.63, 3.8) is 0 Å². The van der Waals surface area contributed by atoms with Gasteiger partial charge in [0.05, 0.1) is 22.0 Å². The van der Waals surface area contributed by atoms with E-state index in [0.29, 0.717) is 10.2 Å². The lowest BCUT2D eigenvalue weighted by molar-refractivity contribution is -0.111. The van der Waals surface area contributed by atoms with Gasteiger partial charge in [-0.2, -0.15) is 0 Å². The topological polar surface area (TPSA) is 79.3 Å². The molecule has 0 saturated carbocycles. The largest absolute Gasteiger partial charge is 0.478 e. The fourth-order valence-corrected chi connectivity index (χ4v) is 2.54. The number of hydrogen-bond donors (Lipinski definition) is 2. The van der Waals surface area contributed by atoms with Crippen molar-refractivity contribution in [3.8, 4) is 0 Å². The third-order valence-corrected chi connectivity index (χ3v) is 3.80. The van der Waals surface area contributed by atoms with Crippen LogP contribution in [0.4, 0.5) is 5.69 Å². The molecule has 0 spiro atoms. The van der Waals surface area contributed by atoms with Crippen LogP contribution in [0.2, 0.25) is 0 Å². The van der Waals surface area contributed by atoms with Crippen LogP contribution >= 0.6 is 27.3 Å². The van der Waals surface area contributed by atoms with Gasteiger partial charge in [-0.25, -0.2) is 9.78 Å². The molecule has 0 bridgehead atoms. The van der Waals surface area contributed by atoms with E-state index in [0.717, 1.165) is 5.01 Å². The van der Waals surface area contributed by atoms with Crippen molar-refractivity contribution in [3.05, 3.63) is 50.4 Å². The summed E-state index contributed by atoms with van der Waals surface area (Å²) < 4.78 is 0.682. The maximum absolute atomic E-state index is 11.8. The van der Waals surface area contributed by atoms with E-state index in [1.807, 2.05) is 12.3 Å². The van der Waals surface area contributed by atoms with Crippen LogP contribution in [0, 0.1) is 6.92 Å². The van der Waals surface area contributed by atoms with Crippen molar-refractivity contribution in [2.45, 2.75) is 6.92 Å². The smallest absolute Gasteiger partial charge is 0.337 e. The van der Waals surface area contributed by atoms with Crippen molar-refractivity contribution in [2.75, 3.05) is 5.32 Å². The third-order valence-electron chi connectivity index (χ3n) is 2.51. The van der Waals surface area contributed by atoms with Crippen molar-refractivity contribution in [1.29, 1.82) is 0 Å². The Morgan fingerprint density at radius 3 is 2.81 bits per heavy atom. The Morgan fingerprint density at radius 1 is 1.43 bits per heavy atom. The molecule has 5 nitrogen and oxygen atoms in total. The lowest BCUT2D eigenvalue weighted by atomic mass is 10.2. The molecule has 1 aromatic heterocycles. The second-order valence-electron chi connectivity index (χ2n) is 4.11. The van der Waals surface area contributed by atoms with Crippen LogP contribution in [-0.2, 0) is 4.79 Å². The summed E-state index contributed by atoms with van der Waals surface area (Å²) in [5.41, 5.74) is 0.964. The Morgan fingerprint density at radius 2 is 2.19 bits per heavy atom. The van der Waals surface area contributed by atoms with Gasteiger partial charge in [-0.15, -0.1) is 11.3 Å². The van der Waals surface area contributed by atoms with Crippen molar-refractivity contribution >= 4 is 50.9 Å². The van der Waals surface area contributed by atoms with E-state index in [-0.39, 0.29) is 11.3 Å². The first-order chi connectivity index (χ1) is 9.95. The predicted molar refractivity (Wildman–Crippen MR) is 85.6 cm³/mol. The van der Waals surface area contributed by atoms with Crippen molar-refractivity contribution in [1.82, 2.24) is 4.98 Å². The third kappa shape index (κ3) is 4.24. The zero-order chi connectivity index (χ0) is 15.4. The molecule has 0 unspecified atom stereocenters. The molecule has 2 N–H and O–H groups in total. The number of carboxylic acid groups (broad SMARTS) is 1. The van der Waals surface area contributed by atoms with Crippen LogP contribution in [0.1, 0.15) is 21.1 Å². The molecule has 0 aliphatic carbocycles. The van der Waals surface area contributed by atoms with E-state index in [9.17, 15) is 9.59 Å². The summed E-state index contributed by atoms with van der Waals surface area (Å²) in [5.74, 6) is -1.52. The highest BCUT2D eigenvalue weighted by Gasteiger charge is 2.11. The number of nitrogens with zero attached hydrogens (tertiary/aromatic N) is 1. The number of anilines is 1. The number of rotatable bonds is 4. The first-order valence-electron chi connectivity index (χ1n) is 5.90. The van der Waals surface area contributed by atoms with Crippen molar-refractivity contribution in [2.24, 2.45) is 0 Å². The number of halogens is 1. The molecule has 0 atom stereocenters. The number of aromatic carboxylic acids is 1. The second kappa shape index (κ2) is 6.64. The molecule has 0 aliphatic heterocycles. The second-order valence-corrected chi connectivity index (χ2v) is 6.09. The molecule has 108 valence electrons. The number of benzene rings is 1. The Kier molecular flexibility index (Phi) is 4.87. The molecule has 0 radical (unpaired) electrons. The summed E-state index contributed by atoms with van der Waals surface area (Å²) in [5, 5.41) is 14.4. The number of carboxylic acids is 1. The van der Waals surface area contributed by atoms with Crippen LogP contribution in [-0.4, -0.2) is 22.0 Å². The quantitative estimate of drug-likeness (QED) is 0.810. The molecular weight excluding hydrogens is 356 g/mol. The molecule has 1 heterocycles. The molecule has 1 aromatic carbocycles. The van der Waals surface area contributed by atoms with E-state index in [4.69, 9.17) is 5.11 Å². The van der Waals surface area contributed by atoms with E-state index >= 15 is 0 Å². The summed E-state index contributed by atoms with van der Waals surface area (Å²) in [6, 6.07) is 4.57. The number of aromatic nitrogens is 1. The lowest BCUT2D eigenvalue weighted by Crippen LogP contribution is -2.12. The minimum Gasteiger partial charge on any atom is -0.478 e. The summed E-state index contributed by atoms with van der Waals surface area (Å²) in [6.07, 6.45) is 2.90. The Hall–Kier alpha value is -1.99. The minimum atomic E-state index is -1.10. The summed E-state index contributed by atoms with van der Waals surface area (Å²) in [4.78, 5) is 27.2. The highest BCUT2D eigenvalue weighted by molar-refractivity contribution is 9.10. The molecule has 2 aromatic rings. The lowest BCUT2D eigenvalue weighted by Gasteiger charge is -2.07. The average Bonchev–Trinajstić information content (AvgIpc) is 2.82. The van der Waals surface area contributed by atoms with E-state index in [2.05, 4.69) is 26.2 Å². The van der Waals surface area contributed by atoms with Gasteiger partial charge in [0.15, 0.2) is 0 Å². The normalized spacial score (nSPS) is 10.8. The van der Waals surface area contributed by atoms with E-state index < -0.39 is 11.9 Å². The Labute approximate surface area is 133 Å². The van der Waals surface area contributed by atoms with E-state index in [1.165, 1.54) is 23.5 Å². The standard InChI is InChI=1S/C14H11BrN2O3S/c1-8-16-10(7-21-8)3-5-13(18)17-12-6-9(15)2-4-11(12)14(19)20/h2-7H,1H3,(H,17,18)(H,19,20)/b5-3+. The maximum atomic E-state index is 11.8. The number of nitrogens with one attached hydrogen (secondary N) is 1. The molecular formula is C14H11BrN2O3S. The zero-order valence-electron chi connectivity index (χ0n) is 11.0. The van der Waals surface area contributed by atoms with Gasteiger partial charge in [-0.1, -0.05) is 15.9 Å². The first-order valence-corrected chi connectivity index (χ1v) is 7.57. The zero-order valence-corrected chi connectivity index (χ0v) is 13.4. The maximum Gasteiger partial charge on any atom is 0.337 e. The fraction of sp³-hybridized carbons (Fsp3) is 0.0714. The number of amides is 1. The monoisotopic (exact) mass is 366 g/mol. The van der Waals surface area contributed by atoms with Gasteiger partial charge < -0.3 is 10.4 Å². The molecule has 2 rings (SSSR count). The van der Waals surface area contributed by atoms with Gasteiger partial charge in [0.1, 0.15) is 0 Å². The summed E-state index contributed by atoms with van der Waals surface area (Å²) in [7, 11) is 0. The number of thiazole rings is 1. The van der Waals surface area contributed by atoms with Crippen LogP contribution < -0.4 is 5.32 Å². The molecule has 1 amide bonds. The molecule has 0 saturated heterocycles. The van der Waals surface area contributed by atoms with Crippen LogP contribution in [0.5, 0.6) is 0 Å². The average molecular weight is 367 g/mol. The number of carbonyl (C=O) groups excluding carboxylic acids is 1. The molecule has 0 aliphatic rings. The van der Waals surface area contributed by atoms with Gasteiger partial charge in [0.2, 0.25) is 5.91 Å². The summed E-state index contributed by atoms with van der Waals surface area (Å²) >= 11 is 4.73. The van der Waals surface area contributed by atoms with Crippen LogP contribution in [0.3, 0.4) is 0 Å².